The minimum atomic E-state index is 0.866. The van der Waals surface area contributed by atoms with Gasteiger partial charge in [0.2, 0.25) is 0 Å². The van der Waals surface area contributed by atoms with Gasteiger partial charge in [0.25, 0.3) is 0 Å². The number of nitrogens with zero attached hydrogens (tertiary/aromatic N) is 4. The molecule has 0 N–H and O–H groups in total. The summed E-state index contributed by atoms with van der Waals surface area (Å²) >= 11 is 1.72. The summed E-state index contributed by atoms with van der Waals surface area (Å²) in [6.07, 6.45) is 5.00. The third-order valence-corrected chi connectivity index (χ3v) is 4.89. The van der Waals surface area contributed by atoms with Gasteiger partial charge >= 0.3 is 0 Å². The minimum absolute atomic E-state index is 0.866. The second kappa shape index (κ2) is 8.22. The normalized spacial score (nSPS) is 11.3. The zero-order chi connectivity index (χ0) is 16.8. The number of hydrogen-bond acceptors (Lipinski definition) is 4. The molecule has 0 spiro atoms. The van der Waals surface area contributed by atoms with Crippen LogP contribution in [0.3, 0.4) is 0 Å². The van der Waals surface area contributed by atoms with E-state index in [1.807, 2.05) is 17.8 Å². The molecular weight excluding hydrogens is 316 g/mol. The molecule has 5 heteroatoms. The average Bonchev–Trinajstić information content (AvgIpc) is 3.21. The highest BCUT2D eigenvalue weighted by Gasteiger charge is 2.13. The summed E-state index contributed by atoms with van der Waals surface area (Å²) < 4.78 is 2.11. The molecule has 0 aliphatic carbocycles. The van der Waals surface area contributed by atoms with E-state index in [0.717, 1.165) is 37.6 Å². The van der Waals surface area contributed by atoms with Crippen LogP contribution in [0.15, 0.2) is 48.1 Å². The van der Waals surface area contributed by atoms with Gasteiger partial charge in [0.1, 0.15) is 5.01 Å². The first-order chi connectivity index (χ1) is 11.8. The first-order valence-electron chi connectivity index (χ1n) is 8.42. The van der Waals surface area contributed by atoms with Gasteiger partial charge in [-0.1, -0.05) is 37.3 Å². The van der Waals surface area contributed by atoms with Crippen LogP contribution in [-0.2, 0) is 26.2 Å². The number of hydrogen-bond donors (Lipinski definition) is 0. The summed E-state index contributed by atoms with van der Waals surface area (Å²) in [5.41, 5.74) is 3.90. The molecule has 0 unspecified atom stereocenters. The molecule has 0 saturated heterocycles. The van der Waals surface area contributed by atoms with E-state index in [2.05, 4.69) is 63.8 Å². The third-order valence-electron chi connectivity index (χ3n) is 4.13. The smallest absolute Gasteiger partial charge is 0.107 e. The topological polar surface area (TPSA) is 34.0 Å². The lowest BCUT2D eigenvalue weighted by molar-refractivity contribution is 0.246. The van der Waals surface area contributed by atoms with Crippen molar-refractivity contribution in [3.63, 3.8) is 0 Å². The standard InChI is InChI=1S/C19H24N4S/c1-3-10-23-16(2)18(12-21-23)14-22(15-19-20-9-11-24-19)13-17-7-5-4-6-8-17/h4-9,11-12H,3,10,13-15H2,1-2H3. The fraction of sp³-hybridized carbons (Fsp3) is 0.368. The minimum Gasteiger partial charge on any atom is -0.288 e. The zero-order valence-corrected chi connectivity index (χ0v) is 15.2. The lowest BCUT2D eigenvalue weighted by Gasteiger charge is -2.21. The van der Waals surface area contributed by atoms with Crippen molar-refractivity contribution in [2.24, 2.45) is 0 Å². The van der Waals surface area contributed by atoms with Crippen molar-refractivity contribution in [1.29, 1.82) is 0 Å². The van der Waals surface area contributed by atoms with Crippen LogP contribution in [0, 0.1) is 6.92 Å². The first kappa shape index (κ1) is 16.9. The van der Waals surface area contributed by atoms with E-state index in [-0.39, 0.29) is 0 Å². The molecule has 0 bridgehead atoms. The summed E-state index contributed by atoms with van der Waals surface area (Å²) in [4.78, 5) is 6.89. The Morgan fingerprint density at radius 2 is 1.96 bits per heavy atom. The van der Waals surface area contributed by atoms with Crippen molar-refractivity contribution in [1.82, 2.24) is 19.7 Å². The number of rotatable bonds is 8. The predicted octanol–water partition coefficient (Wildman–Crippen LogP) is 4.26. The van der Waals surface area contributed by atoms with Gasteiger partial charge in [0.15, 0.2) is 0 Å². The molecule has 0 fully saturated rings. The Hall–Kier alpha value is -1.98. The van der Waals surface area contributed by atoms with Gasteiger partial charge in [-0.25, -0.2) is 4.98 Å². The summed E-state index contributed by atoms with van der Waals surface area (Å²) in [6.45, 7) is 8.01. The van der Waals surface area contributed by atoms with Crippen LogP contribution in [0.25, 0.3) is 0 Å². The Labute approximate surface area is 147 Å². The van der Waals surface area contributed by atoms with E-state index in [1.54, 1.807) is 11.3 Å². The quantitative estimate of drug-likeness (QED) is 0.614. The van der Waals surface area contributed by atoms with Crippen LogP contribution in [0.2, 0.25) is 0 Å². The van der Waals surface area contributed by atoms with Crippen molar-refractivity contribution < 1.29 is 0 Å². The van der Waals surface area contributed by atoms with Gasteiger partial charge in [-0.15, -0.1) is 11.3 Å². The van der Waals surface area contributed by atoms with Crippen molar-refractivity contribution in [2.75, 3.05) is 0 Å². The van der Waals surface area contributed by atoms with Gasteiger partial charge in [0.05, 0.1) is 12.7 Å². The van der Waals surface area contributed by atoms with E-state index in [1.165, 1.54) is 16.8 Å². The molecule has 2 heterocycles. The number of thiazole rings is 1. The van der Waals surface area contributed by atoms with Crippen LogP contribution in [0.5, 0.6) is 0 Å². The summed E-state index contributed by atoms with van der Waals surface area (Å²) in [6, 6.07) is 10.6. The third kappa shape index (κ3) is 4.30. The van der Waals surface area contributed by atoms with Crippen molar-refractivity contribution in [3.8, 4) is 0 Å². The number of aryl methyl sites for hydroxylation is 1. The highest BCUT2D eigenvalue weighted by molar-refractivity contribution is 7.09. The Kier molecular flexibility index (Phi) is 5.77. The molecule has 126 valence electrons. The van der Waals surface area contributed by atoms with Crippen molar-refractivity contribution >= 4 is 11.3 Å². The maximum atomic E-state index is 4.54. The SMILES string of the molecule is CCCn1ncc(CN(Cc2ccccc2)Cc2nccs2)c1C. The first-order valence-corrected chi connectivity index (χ1v) is 9.30. The second-order valence-corrected chi connectivity index (χ2v) is 7.01. The van der Waals surface area contributed by atoms with Crippen LogP contribution in [-0.4, -0.2) is 19.7 Å². The van der Waals surface area contributed by atoms with Gasteiger partial charge < -0.3 is 0 Å². The molecule has 3 aromatic rings. The van der Waals surface area contributed by atoms with Gasteiger partial charge in [-0.05, 0) is 18.9 Å². The number of aromatic nitrogens is 3. The van der Waals surface area contributed by atoms with Crippen molar-refractivity contribution in [3.05, 3.63) is 69.9 Å². The van der Waals surface area contributed by atoms with Crippen molar-refractivity contribution in [2.45, 2.75) is 46.4 Å². The van der Waals surface area contributed by atoms with E-state index in [9.17, 15) is 0 Å². The number of benzene rings is 1. The highest BCUT2D eigenvalue weighted by Crippen LogP contribution is 2.17. The van der Waals surface area contributed by atoms with E-state index in [4.69, 9.17) is 0 Å². The molecule has 4 nitrogen and oxygen atoms in total. The molecule has 3 rings (SSSR count). The Bertz CT molecular complexity index is 734. The molecule has 1 aromatic carbocycles. The fourth-order valence-electron chi connectivity index (χ4n) is 2.85. The molecule has 0 amide bonds. The zero-order valence-electron chi connectivity index (χ0n) is 14.4. The maximum Gasteiger partial charge on any atom is 0.107 e. The molecular formula is C19H24N4S. The van der Waals surface area contributed by atoms with Gasteiger partial charge in [-0.2, -0.15) is 5.10 Å². The molecule has 0 aliphatic heterocycles. The molecule has 0 aliphatic rings. The molecule has 24 heavy (non-hydrogen) atoms. The summed E-state index contributed by atoms with van der Waals surface area (Å²) in [7, 11) is 0. The predicted molar refractivity (Wildman–Crippen MR) is 98.8 cm³/mol. The maximum absolute atomic E-state index is 4.54. The van der Waals surface area contributed by atoms with Crippen LogP contribution < -0.4 is 0 Å². The second-order valence-electron chi connectivity index (χ2n) is 6.03. The fourth-order valence-corrected chi connectivity index (χ4v) is 3.51. The van der Waals surface area contributed by atoms with Crippen LogP contribution in [0.1, 0.15) is 35.2 Å². The van der Waals surface area contributed by atoms with Crippen LogP contribution >= 0.6 is 11.3 Å². The van der Waals surface area contributed by atoms with Crippen LogP contribution in [0.4, 0.5) is 0 Å². The van der Waals surface area contributed by atoms with E-state index in [0.29, 0.717) is 0 Å². The summed E-state index contributed by atoms with van der Waals surface area (Å²) in [5, 5.41) is 7.74. The van der Waals surface area contributed by atoms with E-state index < -0.39 is 0 Å². The van der Waals surface area contributed by atoms with Gasteiger partial charge in [0, 0.05) is 42.5 Å². The average molecular weight is 340 g/mol. The Morgan fingerprint density at radius 3 is 2.67 bits per heavy atom. The lowest BCUT2D eigenvalue weighted by atomic mass is 10.2. The monoisotopic (exact) mass is 340 g/mol. The molecule has 0 radical (unpaired) electrons. The Morgan fingerprint density at radius 1 is 1.12 bits per heavy atom. The highest BCUT2D eigenvalue weighted by atomic mass is 32.1. The molecule has 0 atom stereocenters. The molecule has 2 aromatic heterocycles. The van der Waals surface area contributed by atoms with E-state index >= 15 is 0 Å². The Balaban J connectivity index is 1.76. The molecule has 0 saturated carbocycles. The van der Waals surface area contributed by atoms with Gasteiger partial charge in [-0.3, -0.25) is 9.58 Å². The summed E-state index contributed by atoms with van der Waals surface area (Å²) in [5.74, 6) is 0. The lowest BCUT2D eigenvalue weighted by Crippen LogP contribution is -2.22. The largest absolute Gasteiger partial charge is 0.288 e.